The zero-order valence-corrected chi connectivity index (χ0v) is 9.53. The van der Waals surface area contributed by atoms with E-state index < -0.39 is 10.0 Å². The Morgan fingerprint density at radius 1 is 1.50 bits per heavy atom. The summed E-state index contributed by atoms with van der Waals surface area (Å²) in [6, 6.07) is 3.27. The molecule has 2 rings (SSSR count). The molecule has 2 aromatic heterocycles. The molecule has 0 saturated carbocycles. The average Bonchev–Trinajstić information content (AvgIpc) is 2.85. The predicted octanol–water partition coefficient (Wildman–Crippen LogP) is 0.227. The van der Waals surface area contributed by atoms with Gasteiger partial charge in [0.05, 0.1) is 6.20 Å². The minimum absolute atomic E-state index is 0.156. The lowest BCUT2D eigenvalue weighted by Crippen LogP contribution is -2.25. The van der Waals surface area contributed by atoms with E-state index in [2.05, 4.69) is 14.8 Å². The van der Waals surface area contributed by atoms with E-state index in [-0.39, 0.29) is 11.6 Å². The molecule has 2 heterocycles. The Bertz CT molecular complexity index is 556. The van der Waals surface area contributed by atoms with Crippen molar-refractivity contribution in [1.82, 2.24) is 19.5 Å². The van der Waals surface area contributed by atoms with E-state index in [4.69, 9.17) is 0 Å². The van der Waals surface area contributed by atoms with Crippen LogP contribution in [0.1, 0.15) is 5.56 Å². The van der Waals surface area contributed by atoms with Gasteiger partial charge in [0.25, 0.3) is 10.0 Å². The molecule has 2 N–H and O–H groups in total. The number of sulfonamides is 1. The molecule has 0 aliphatic heterocycles. The Morgan fingerprint density at radius 2 is 2.31 bits per heavy atom. The van der Waals surface area contributed by atoms with Gasteiger partial charge in [0.1, 0.15) is 0 Å². The first kappa shape index (κ1) is 10.9. The first-order valence-electron chi connectivity index (χ1n) is 4.69. The Labute approximate surface area is 93.3 Å². The molecule has 16 heavy (non-hydrogen) atoms. The molecular formula is C9H12N4O2S. The first-order valence-corrected chi connectivity index (χ1v) is 6.17. The largest absolute Gasteiger partial charge is 0.367 e. The van der Waals surface area contributed by atoms with E-state index in [1.165, 1.54) is 16.9 Å². The van der Waals surface area contributed by atoms with Gasteiger partial charge >= 0.3 is 0 Å². The molecule has 0 radical (unpaired) electrons. The van der Waals surface area contributed by atoms with Gasteiger partial charge in [-0.2, -0.15) is 5.10 Å². The molecule has 0 bridgehead atoms. The number of H-pyrrole nitrogens is 1. The number of hydrogen-bond donors (Lipinski definition) is 2. The number of aryl methyl sites for hydroxylation is 1. The highest BCUT2D eigenvalue weighted by Gasteiger charge is 2.17. The van der Waals surface area contributed by atoms with Gasteiger partial charge in [-0.1, -0.05) is 0 Å². The zero-order valence-electron chi connectivity index (χ0n) is 8.71. The molecule has 0 aliphatic carbocycles. The molecule has 7 heteroatoms. The topological polar surface area (TPSA) is 79.8 Å². The van der Waals surface area contributed by atoms with Gasteiger partial charge in [0, 0.05) is 26.0 Å². The summed E-state index contributed by atoms with van der Waals surface area (Å²) in [6.07, 6.45) is 4.93. The van der Waals surface area contributed by atoms with Crippen molar-refractivity contribution < 1.29 is 8.42 Å². The van der Waals surface area contributed by atoms with Crippen molar-refractivity contribution in [2.24, 2.45) is 7.05 Å². The molecule has 0 spiro atoms. The molecule has 6 nitrogen and oxygen atoms in total. The van der Waals surface area contributed by atoms with Crippen molar-refractivity contribution in [2.45, 2.75) is 11.6 Å². The van der Waals surface area contributed by atoms with E-state index in [1.54, 1.807) is 19.4 Å². The minimum atomic E-state index is -3.49. The maximum Gasteiger partial charge on any atom is 0.258 e. The summed E-state index contributed by atoms with van der Waals surface area (Å²) in [5, 5.41) is 3.97. The summed E-state index contributed by atoms with van der Waals surface area (Å²) < 4.78 is 27.5. The average molecular weight is 240 g/mol. The highest BCUT2D eigenvalue weighted by Crippen LogP contribution is 2.07. The van der Waals surface area contributed by atoms with Crippen LogP contribution in [0.15, 0.2) is 35.7 Å². The van der Waals surface area contributed by atoms with Crippen LogP contribution in [-0.4, -0.2) is 23.2 Å². The van der Waals surface area contributed by atoms with Crippen LogP contribution in [-0.2, 0) is 23.6 Å². The second-order valence-electron chi connectivity index (χ2n) is 3.34. The quantitative estimate of drug-likeness (QED) is 0.802. The molecule has 0 unspecified atom stereocenters. The van der Waals surface area contributed by atoms with Gasteiger partial charge in [0.2, 0.25) is 0 Å². The zero-order chi connectivity index (χ0) is 11.6. The molecule has 0 aliphatic rings. The van der Waals surface area contributed by atoms with Crippen LogP contribution >= 0.6 is 0 Å². The Balaban J connectivity index is 2.13. The van der Waals surface area contributed by atoms with E-state index in [1.807, 2.05) is 6.07 Å². The number of rotatable bonds is 4. The third kappa shape index (κ3) is 2.15. The third-order valence-corrected chi connectivity index (χ3v) is 3.66. The smallest absolute Gasteiger partial charge is 0.258 e. The number of hydrogen-bond acceptors (Lipinski definition) is 3. The van der Waals surface area contributed by atoms with Gasteiger partial charge in [-0.05, 0) is 17.7 Å². The molecule has 0 atom stereocenters. The maximum atomic E-state index is 11.8. The van der Waals surface area contributed by atoms with E-state index in [0.29, 0.717) is 0 Å². The van der Waals surface area contributed by atoms with Crippen molar-refractivity contribution >= 4 is 10.0 Å². The molecule has 86 valence electrons. The lowest BCUT2D eigenvalue weighted by atomic mass is 10.4. The molecular weight excluding hydrogens is 228 g/mol. The number of aromatic nitrogens is 3. The molecule has 2 aromatic rings. The van der Waals surface area contributed by atoms with Crippen LogP contribution in [0.4, 0.5) is 0 Å². The number of nitrogens with one attached hydrogen (secondary N) is 2. The highest BCUT2D eigenvalue weighted by molar-refractivity contribution is 7.89. The second kappa shape index (κ2) is 4.11. The number of aromatic amines is 1. The van der Waals surface area contributed by atoms with E-state index >= 15 is 0 Å². The normalized spacial score (nSPS) is 11.8. The van der Waals surface area contributed by atoms with Gasteiger partial charge in [0.15, 0.2) is 5.03 Å². The van der Waals surface area contributed by atoms with Crippen molar-refractivity contribution in [1.29, 1.82) is 0 Å². The van der Waals surface area contributed by atoms with Crippen LogP contribution in [0.2, 0.25) is 0 Å². The summed E-state index contributed by atoms with van der Waals surface area (Å²) in [5.74, 6) is 0. The summed E-state index contributed by atoms with van der Waals surface area (Å²) in [4.78, 5) is 2.86. The maximum absolute atomic E-state index is 11.8. The standard InChI is InChI=1S/C9H12N4O2S/c1-13-9(3-5-11-13)16(14,15)12-7-8-2-4-10-6-8/h2-6,10,12H,7H2,1H3. The first-order chi connectivity index (χ1) is 7.59. The van der Waals surface area contributed by atoms with Gasteiger partial charge < -0.3 is 4.98 Å². The fourth-order valence-electron chi connectivity index (χ4n) is 1.35. The van der Waals surface area contributed by atoms with E-state index in [9.17, 15) is 8.42 Å². The Hall–Kier alpha value is -1.60. The van der Waals surface area contributed by atoms with Crippen molar-refractivity contribution in [3.05, 3.63) is 36.3 Å². The Kier molecular flexibility index (Phi) is 2.80. The summed E-state index contributed by atoms with van der Waals surface area (Å²) >= 11 is 0. The van der Waals surface area contributed by atoms with Gasteiger partial charge in [-0.25, -0.2) is 13.1 Å². The number of nitrogens with zero attached hydrogens (tertiary/aromatic N) is 2. The minimum Gasteiger partial charge on any atom is -0.367 e. The van der Waals surface area contributed by atoms with Gasteiger partial charge in [-0.15, -0.1) is 0 Å². The lowest BCUT2D eigenvalue weighted by Gasteiger charge is -2.05. The van der Waals surface area contributed by atoms with E-state index in [0.717, 1.165) is 5.56 Å². The van der Waals surface area contributed by atoms with Crippen LogP contribution in [0.5, 0.6) is 0 Å². The summed E-state index contributed by atoms with van der Waals surface area (Å²) in [6.45, 7) is 0.261. The van der Waals surface area contributed by atoms with Crippen molar-refractivity contribution in [3.63, 3.8) is 0 Å². The van der Waals surface area contributed by atoms with Crippen LogP contribution < -0.4 is 4.72 Å². The molecule has 0 amide bonds. The second-order valence-corrected chi connectivity index (χ2v) is 5.05. The highest BCUT2D eigenvalue weighted by atomic mass is 32.2. The summed E-state index contributed by atoms with van der Waals surface area (Å²) in [5.41, 5.74) is 0.880. The third-order valence-electron chi connectivity index (χ3n) is 2.18. The van der Waals surface area contributed by atoms with Crippen LogP contribution in [0.3, 0.4) is 0 Å². The van der Waals surface area contributed by atoms with Gasteiger partial charge in [-0.3, -0.25) is 4.68 Å². The fourth-order valence-corrected chi connectivity index (χ4v) is 2.49. The SMILES string of the molecule is Cn1nccc1S(=O)(=O)NCc1cc[nH]c1. The fraction of sp³-hybridized carbons (Fsp3) is 0.222. The molecule has 0 aromatic carbocycles. The molecule has 0 saturated heterocycles. The predicted molar refractivity (Wildman–Crippen MR) is 58.0 cm³/mol. The van der Waals surface area contributed by atoms with Crippen LogP contribution in [0, 0.1) is 0 Å². The van der Waals surface area contributed by atoms with Crippen molar-refractivity contribution in [2.75, 3.05) is 0 Å². The Morgan fingerprint density at radius 3 is 2.88 bits per heavy atom. The lowest BCUT2D eigenvalue weighted by molar-refractivity contribution is 0.563. The van der Waals surface area contributed by atoms with Crippen LogP contribution in [0.25, 0.3) is 0 Å². The molecule has 0 fully saturated rings. The monoisotopic (exact) mass is 240 g/mol. The van der Waals surface area contributed by atoms with Crippen molar-refractivity contribution in [3.8, 4) is 0 Å². The summed E-state index contributed by atoms with van der Waals surface area (Å²) in [7, 11) is -1.90.